The number of carbonyl (C=O) groups excluding carboxylic acids is 1. The molecule has 0 spiro atoms. The van der Waals surface area contributed by atoms with E-state index >= 15 is 0 Å². The van der Waals surface area contributed by atoms with E-state index in [1.54, 1.807) is 0 Å². The number of hydrogen-bond donors (Lipinski definition) is 2. The van der Waals surface area contributed by atoms with E-state index in [1.165, 1.54) is 18.4 Å². The third-order valence-electron chi connectivity index (χ3n) is 4.69. The van der Waals surface area contributed by atoms with Gasteiger partial charge in [-0.3, -0.25) is 4.79 Å². The van der Waals surface area contributed by atoms with Crippen molar-refractivity contribution in [2.24, 2.45) is 5.92 Å². The molecule has 0 aromatic heterocycles. The monoisotopic (exact) mass is 308 g/mol. The predicted octanol–water partition coefficient (Wildman–Crippen LogP) is 2.99. The van der Waals surface area contributed by atoms with Crippen molar-refractivity contribution in [2.75, 3.05) is 13.1 Å². The molecule has 116 valence electrons. The molecule has 1 aliphatic carbocycles. The van der Waals surface area contributed by atoms with Crippen LogP contribution in [0.3, 0.4) is 0 Å². The molecule has 3 rings (SSSR count). The van der Waals surface area contributed by atoms with Gasteiger partial charge >= 0.3 is 0 Å². The molecule has 1 amide bonds. The van der Waals surface area contributed by atoms with Crippen LogP contribution in [-0.2, 0) is 10.3 Å². The molecule has 1 saturated heterocycles. The summed E-state index contributed by atoms with van der Waals surface area (Å²) in [6.07, 6.45) is 6.32. The van der Waals surface area contributed by atoms with Crippen LogP contribution in [0.25, 0.3) is 0 Å². The quantitative estimate of drug-likeness (QED) is 0.878. The van der Waals surface area contributed by atoms with Gasteiger partial charge in [0, 0.05) is 6.42 Å². The number of amides is 1. The maximum absolute atomic E-state index is 12.2. The summed E-state index contributed by atoms with van der Waals surface area (Å²) in [7, 11) is 0. The molecule has 0 bridgehead atoms. The average molecular weight is 309 g/mol. The number of hydrogen-bond acceptors (Lipinski definition) is 2. The van der Waals surface area contributed by atoms with Gasteiger partial charge in [-0.25, -0.2) is 0 Å². The fraction of sp³-hybridized carbons (Fsp3) is 0.588. The van der Waals surface area contributed by atoms with E-state index in [2.05, 4.69) is 34.9 Å². The molecule has 2 N–H and O–H groups in total. The number of benzene rings is 1. The number of rotatable bonds is 5. The van der Waals surface area contributed by atoms with Crippen molar-refractivity contribution in [1.82, 2.24) is 10.6 Å². The van der Waals surface area contributed by atoms with Crippen molar-refractivity contribution in [3.8, 4) is 0 Å². The normalized spacial score (nSPS) is 20.4. The molecule has 4 heteroatoms. The molecule has 2 fully saturated rings. The molecular formula is C17H25ClN2O. The minimum atomic E-state index is -0.0491. The van der Waals surface area contributed by atoms with Crippen LogP contribution in [0.2, 0.25) is 0 Å². The first-order chi connectivity index (χ1) is 9.78. The lowest BCUT2D eigenvalue weighted by atomic mass is 9.93. The maximum Gasteiger partial charge on any atom is 0.220 e. The van der Waals surface area contributed by atoms with Gasteiger partial charge in [0.25, 0.3) is 0 Å². The topological polar surface area (TPSA) is 41.1 Å². The molecule has 3 nitrogen and oxygen atoms in total. The van der Waals surface area contributed by atoms with Gasteiger partial charge in [-0.05, 0) is 56.7 Å². The van der Waals surface area contributed by atoms with Gasteiger partial charge in [0.2, 0.25) is 5.91 Å². The van der Waals surface area contributed by atoms with Gasteiger partial charge in [0.05, 0.1) is 5.54 Å². The molecular weight excluding hydrogens is 284 g/mol. The van der Waals surface area contributed by atoms with E-state index in [-0.39, 0.29) is 23.9 Å². The summed E-state index contributed by atoms with van der Waals surface area (Å²) in [5, 5.41) is 6.64. The van der Waals surface area contributed by atoms with Crippen LogP contribution in [0.15, 0.2) is 30.3 Å². The molecule has 1 aromatic carbocycles. The van der Waals surface area contributed by atoms with Crippen molar-refractivity contribution < 1.29 is 4.79 Å². The summed E-state index contributed by atoms with van der Waals surface area (Å²) in [5.74, 6) is 0.957. The Balaban J connectivity index is 0.00000161. The Morgan fingerprint density at radius 1 is 1.19 bits per heavy atom. The van der Waals surface area contributed by atoms with Crippen LogP contribution >= 0.6 is 12.4 Å². The van der Waals surface area contributed by atoms with Gasteiger partial charge in [0.15, 0.2) is 0 Å². The summed E-state index contributed by atoms with van der Waals surface area (Å²) < 4.78 is 0. The van der Waals surface area contributed by atoms with E-state index < -0.39 is 0 Å². The first kappa shape index (κ1) is 16.3. The highest BCUT2D eigenvalue weighted by molar-refractivity contribution is 5.85. The zero-order valence-electron chi connectivity index (χ0n) is 12.4. The van der Waals surface area contributed by atoms with Crippen molar-refractivity contribution >= 4 is 18.3 Å². The van der Waals surface area contributed by atoms with E-state index in [9.17, 15) is 4.79 Å². The predicted molar refractivity (Wildman–Crippen MR) is 87.6 cm³/mol. The second-order valence-corrected chi connectivity index (χ2v) is 6.23. The minimum Gasteiger partial charge on any atom is -0.347 e. The zero-order chi connectivity index (χ0) is 13.8. The maximum atomic E-state index is 12.2. The van der Waals surface area contributed by atoms with Gasteiger partial charge in [-0.1, -0.05) is 30.3 Å². The van der Waals surface area contributed by atoms with Crippen LogP contribution in [0.5, 0.6) is 0 Å². The minimum absolute atomic E-state index is 0. The van der Waals surface area contributed by atoms with E-state index in [0.29, 0.717) is 6.42 Å². The molecule has 21 heavy (non-hydrogen) atoms. The van der Waals surface area contributed by atoms with Crippen molar-refractivity contribution in [1.29, 1.82) is 0 Å². The Morgan fingerprint density at radius 2 is 1.86 bits per heavy atom. The van der Waals surface area contributed by atoms with E-state index in [1.807, 2.05) is 6.07 Å². The third-order valence-corrected chi connectivity index (χ3v) is 4.69. The zero-order valence-corrected chi connectivity index (χ0v) is 13.3. The van der Waals surface area contributed by atoms with Crippen LogP contribution in [0, 0.1) is 5.92 Å². The summed E-state index contributed by atoms with van der Waals surface area (Å²) >= 11 is 0. The Morgan fingerprint density at radius 3 is 2.48 bits per heavy atom. The molecule has 0 radical (unpaired) electrons. The largest absolute Gasteiger partial charge is 0.347 e. The lowest BCUT2D eigenvalue weighted by molar-refractivity contribution is -0.122. The lowest BCUT2D eigenvalue weighted by Crippen LogP contribution is -2.35. The number of nitrogens with one attached hydrogen (secondary N) is 2. The molecule has 1 heterocycles. The number of carbonyl (C=O) groups is 1. The second-order valence-electron chi connectivity index (χ2n) is 6.23. The van der Waals surface area contributed by atoms with Crippen LogP contribution in [0.1, 0.15) is 44.1 Å². The summed E-state index contributed by atoms with van der Waals surface area (Å²) in [6.45, 7) is 2.22. The Hall–Kier alpha value is -1.06. The summed E-state index contributed by atoms with van der Waals surface area (Å²) in [5.41, 5.74) is 1.21. The standard InChI is InChI=1S/C17H24N2O.ClH/c20-16(7-6-14-8-12-18-13-9-14)19-17(10-11-17)15-4-2-1-3-5-15;/h1-5,14,18H,6-13H2,(H,19,20);1H. The average Bonchev–Trinajstić information content (AvgIpc) is 3.28. The Labute approximate surface area is 133 Å². The highest BCUT2D eigenvalue weighted by atomic mass is 35.5. The third kappa shape index (κ3) is 4.21. The first-order valence-electron chi connectivity index (χ1n) is 7.86. The Bertz CT molecular complexity index is 453. The highest BCUT2D eigenvalue weighted by Crippen LogP contribution is 2.45. The van der Waals surface area contributed by atoms with E-state index in [4.69, 9.17) is 0 Å². The first-order valence-corrected chi connectivity index (χ1v) is 7.86. The molecule has 1 aliphatic heterocycles. The smallest absolute Gasteiger partial charge is 0.220 e. The summed E-state index contributed by atoms with van der Waals surface area (Å²) in [4.78, 5) is 12.2. The summed E-state index contributed by atoms with van der Waals surface area (Å²) in [6, 6.07) is 10.4. The molecule has 1 aromatic rings. The van der Waals surface area contributed by atoms with Gasteiger partial charge in [-0.15, -0.1) is 12.4 Å². The fourth-order valence-corrected chi connectivity index (χ4v) is 3.20. The van der Waals surface area contributed by atoms with Gasteiger partial charge in [-0.2, -0.15) is 0 Å². The molecule has 2 aliphatic rings. The molecule has 1 saturated carbocycles. The van der Waals surface area contributed by atoms with Crippen molar-refractivity contribution in [2.45, 2.75) is 44.1 Å². The second kappa shape index (κ2) is 7.28. The SMILES string of the molecule is Cl.O=C(CCC1CCNCC1)NC1(c2ccccc2)CC1. The van der Waals surface area contributed by atoms with Crippen LogP contribution in [-0.4, -0.2) is 19.0 Å². The number of halogens is 1. The highest BCUT2D eigenvalue weighted by Gasteiger charge is 2.45. The number of piperidine rings is 1. The van der Waals surface area contributed by atoms with Gasteiger partial charge in [0.1, 0.15) is 0 Å². The fourth-order valence-electron chi connectivity index (χ4n) is 3.20. The van der Waals surface area contributed by atoms with Crippen LogP contribution in [0.4, 0.5) is 0 Å². The molecule has 0 unspecified atom stereocenters. The lowest BCUT2D eigenvalue weighted by Gasteiger charge is -2.23. The molecule has 0 atom stereocenters. The van der Waals surface area contributed by atoms with Gasteiger partial charge < -0.3 is 10.6 Å². The van der Waals surface area contributed by atoms with Crippen molar-refractivity contribution in [3.63, 3.8) is 0 Å². The van der Waals surface area contributed by atoms with Crippen molar-refractivity contribution in [3.05, 3.63) is 35.9 Å². The van der Waals surface area contributed by atoms with Crippen LogP contribution < -0.4 is 10.6 Å². The Kier molecular flexibility index (Phi) is 5.65. The van der Waals surface area contributed by atoms with E-state index in [0.717, 1.165) is 38.3 Å².